The lowest BCUT2D eigenvalue weighted by atomic mass is 9.91. The van der Waals surface area contributed by atoms with Crippen LogP contribution in [0.5, 0.6) is 0 Å². The van der Waals surface area contributed by atoms with Gasteiger partial charge in [0.15, 0.2) is 17.5 Å². The van der Waals surface area contributed by atoms with E-state index in [4.69, 9.17) is 9.72 Å². The van der Waals surface area contributed by atoms with E-state index < -0.39 is 5.82 Å². The number of hydrazone groups is 1. The van der Waals surface area contributed by atoms with E-state index >= 15 is 4.39 Å². The first kappa shape index (κ1) is 22.8. The van der Waals surface area contributed by atoms with Crippen molar-refractivity contribution in [3.63, 3.8) is 0 Å². The monoisotopic (exact) mass is 453 g/mol. The van der Waals surface area contributed by atoms with Crippen LogP contribution in [0, 0.1) is 12.7 Å². The average Bonchev–Trinajstić information content (AvgIpc) is 2.84. The molecule has 174 valence electrons. The zero-order valence-corrected chi connectivity index (χ0v) is 19.1. The first-order valence-corrected chi connectivity index (χ1v) is 10.9. The number of anilines is 2. The zero-order valence-electron chi connectivity index (χ0n) is 19.1. The van der Waals surface area contributed by atoms with Crippen molar-refractivity contribution >= 4 is 30.1 Å². The molecular formula is C23H28FN7O2. The molecule has 1 aromatic heterocycles. The van der Waals surface area contributed by atoms with Crippen molar-refractivity contribution in [1.29, 1.82) is 0 Å². The lowest BCUT2D eigenvalue weighted by molar-refractivity contribution is -0.115. The number of ether oxygens (including phenoxy) is 1. The van der Waals surface area contributed by atoms with Gasteiger partial charge in [0.2, 0.25) is 5.91 Å². The number of carbonyl (C=O) groups excluding carboxylic acids is 1. The van der Waals surface area contributed by atoms with E-state index in [1.807, 2.05) is 4.90 Å². The van der Waals surface area contributed by atoms with Gasteiger partial charge in [0.25, 0.3) is 0 Å². The number of hydrogen-bond acceptors (Lipinski definition) is 7. The maximum atomic E-state index is 15.2. The number of methoxy groups -OCH3 is 1. The van der Waals surface area contributed by atoms with Crippen molar-refractivity contribution in [2.24, 2.45) is 10.1 Å². The van der Waals surface area contributed by atoms with E-state index in [1.165, 1.54) is 0 Å². The molecule has 0 bridgehead atoms. The number of rotatable bonds is 5. The van der Waals surface area contributed by atoms with Crippen molar-refractivity contribution in [2.75, 3.05) is 30.9 Å². The molecule has 0 radical (unpaired) electrons. The summed E-state index contributed by atoms with van der Waals surface area (Å²) in [5.74, 6) is 0.649. The third kappa shape index (κ3) is 4.43. The molecule has 4 rings (SSSR count). The molecule has 1 saturated carbocycles. The van der Waals surface area contributed by atoms with E-state index in [0.29, 0.717) is 28.5 Å². The largest absolute Gasteiger partial charge is 0.381 e. The predicted octanol–water partition coefficient (Wildman–Crippen LogP) is 2.89. The van der Waals surface area contributed by atoms with Crippen LogP contribution in [-0.4, -0.2) is 61.3 Å². The number of hydrogen-bond donors (Lipinski definition) is 2. The van der Waals surface area contributed by atoms with Gasteiger partial charge >= 0.3 is 0 Å². The smallest absolute Gasteiger partial charge is 0.245 e. The summed E-state index contributed by atoms with van der Waals surface area (Å²) < 4.78 is 20.7. The van der Waals surface area contributed by atoms with E-state index in [2.05, 4.69) is 32.5 Å². The molecule has 33 heavy (non-hydrogen) atoms. The van der Waals surface area contributed by atoms with Crippen molar-refractivity contribution in [3.05, 3.63) is 35.3 Å². The molecule has 2 aliphatic rings. The van der Waals surface area contributed by atoms with Gasteiger partial charge in [-0.25, -0.2) is 19.4 Å². The first-order chi connectivity index (χ1) is 16.0. The molecule has 1 aromatic carbocycles. The van der Waals surface area contributed by atoms with Gasteiger partial charge in [0, 0.05) is 25.8 Å². The minimum absolute atomic E-state index is 0.113. The Labute approximate surface area is 192 Å². The number of halogens is 1. The molecule has 0 spiro atoms. The third-order valence-corrected chi connectivity index (χ3v) is 6.29. The standard InChI is InChI=1S/C23H28FN7O2/c1-13-16(9-10-17(20(13)24)21(25-2)30-26-3)18-11-27-22-23(28-18)31(12-19(32)29-22)14-5-7-15(33-4)8-6-14/h9-11,14-15,26H,2,5-8,12H2,1,3-4H3,(H,27,29,32)/b30-21-. The quantitative estimate of drug-likeness (QED) is 0.410. The number of nitrogens with one attached hydrogen (secondary N) is 2. The summed E-state index contributed by atoms with van der Waals surface area (Å²) in [4.78, 5) is 27.4. The first-order valence-electron chi connectivity index (χ1n) is 10.9. The SMILES string of the molecule is C=N/C(=N\NC)c1ccc(-c2cnc3c(n2)N(C2CCC(OC)CC2)CC(=O)N3)c(C)c1F. The fourth-order valence-corrected chi connectivity index (χ4v) is 4.52. The Hall–Kier alpha value is -3.40. The lowest BCUT2D eigenvalue weighted by Gasteiger charge is -2.39. The molecule has 2 heterocycles. The number of benzene rings is 1. The Balaban J connectivity index is 1.70. The predicted molar refractivity (Wildman–Crippen MR) is 126 cm³/mol. The third-order valence-electron chi connectivity index (χ3n) is 6.29. The molecule has 1 aliphatic heterocycles. The van der Waals surface area contributed by atoms with Crippen molar-refractivity contribution in [1.82, 2.24) is 15.4 Å². The molecule has 9 nitrogen and oxygen atoms in total. The molecule has 1 aliphatic carbocycles. The van der Waals surface area contributed by atoms with Crippen molar-refractivity contribution in [3.8, 4) is 11.3 Å². The normalized spacial score (nSPS) is 20.8. The number of carbonyl (C=O) groups is 1. The molecule has 2 aromatic rings. The molecule has 0 saturated heterocycles. The van der Waals surface area contributed by atoms with Crippen LogP contribution in [0.2, 0.25) is 0 Å². The van der Waals surface area contributed by atoms with Crippen molar-refractivity contribution in [2.45, 2.75) is 44.8 Å². The topological polar surface area (TPSA) is 104 Å². The minimum Gasteiger partial charge on any atom is -0.381 e. The second kappa shape index (κ2) is 9.62. The van der Waals surface area contributed by atoms with E-state index in [9.17, 15) is 4.79 Å². The number of amidine groups is 1. The van der Waals surface area contributed by atoms with Crippen LogP contribution < -0.4 is 15.6 Å². The van der Waals surface area contributed by atoms with E-state index in [-0.39, 0.29) is 36.0 Å². The minimum atomic E-state index is -0.448. The van der Waals surface area contributed by atoms with Crippen LogP contribution in [0.15, 0.2) is 28.4 Å². The number of amides is 1. The van der Waals surface area contributed by atoms with Gasteiger partial charge in [-0.3, -0.25) is 4.79 Å². The Kier molecular flexibility index (Phi) is 6.64. The molecule has 2 N–H and O–H groups in total. The van der Waals surface area contributed by atoms with Gasteiger partial charge in [-0.1, -0.05) is 6.07 Å². The summed E-state index contributed by atoms with van der Waals surface area (Å²) in [6.45, 7) is 5.37. The summed E-state index contributed by atoms with van der Waals surface area (Å²) in [6, 6.07) is 3.55. The highest BCUT2D eigenvalue weighted by Gasteiger charge is 2.33. The summed E-state index contributed by atoms with van der Waals surface area (Å²) >= 11 is 0. The van der Waals surface area contributed by atoms with Crippen LogP contribution in [-0.2, 0) is 9.53 Å². The van der Waals surface area contributed by atoms with Crippen LogP contribution in [0.25, 0.3) is 11.3 Å². The Bertz CT molecular complexity index is 1100. The van der Waals surface area contributed by atoms with Gasteiger partial charge in [0.05, 0.1) is 30.1 Å². The maximum Gasteiger partial charge on any atom is 0.245 e. The van der Waals surface area contributed by atoms with Gasteiger partial charge < -0.3 is 20.4 Å². The summed E-state index contributed by atoms with van der Waals surface area (Å²) in [7, 11) is 3.34. The van der Waals surface area contributed by atoms with Gasteiger partial charge in [-0.15, -0.1) is 0 Å². The number of nitrogens with zero attached hydrogens (tertiary/aromatic N) is 5. The Morgan fingerprint density at radius 1 is 1.33 bits per heavy atom. The molecule has 1 fully saturated rings. The number of aromatic nitrogens is 2. The lowest BCUT2D eigenvalue weighted by Crippen LogP contribution is -2.47. The van der Waals surface area contributed by atoms with Crippen LogP contribution >= 0.6 is 0 Å². The maximum absolute atomic E-state index is 15.2. The Morgan fingerprint density at radius 2 is 2.09 bits per heavy atom. The second-order valence-electron chi connectivity index (χ2n) is 8.19. The summed E-state index contributed by atoms with van der Waals surface area (Å²) in [5.41, 5.74) is 4.40. The summed E-state index contributed by atoms with van der Waals surface area (Å²) in [6.07, 6.45) is 5.48. The Morgan fingerprint density at radius 3 is 2.76 bits per heavy atom. The van der Waals surface area contributed by atoms with E-state index in [1.54, 1.807) is 39.4 Å². The second-order valence-corrected chi connectivity index (χ2v) is 8.19. The summed E-state index contributed by atoms with van der Waals surface area (Å²) in [5, 5.41) is 6.77. The molecular weight excluding hydrogens is 425 g/mol. The van der Waals surface area contributed by atoms with Gasteiger partial charge in [-0.2, -0.15) is 5.10 Å². The zero-order chi connectivity index (χ0) is 23.5. The van der Waals surface area contributed by atoms with Crippen LogP contribution in [0.3, 0.4) is 0 Å². The van der Waals surface area contributed by atoms with Crippen molar-refractivity contribution < 1.29 is 13.9 Å². The highest BCUT2D eigenvalue weighted by atomic mass is 19.1. The van der Waals surface area contributed by atoms with Crippen LogP contribution in [0.4, 0.5) is 16.0 Å². The van der Waals surface area contributed by atoms with Crippen LogP contribution in [0.1, 0.15) is 36.8 Å². The fraction of sp³-hybridized carbons (Fsp3) is 0.435. The fourth-order valence-electron chi connectivity index (χ4n) is 4.52. The number of fused-ring (bicyclic) bond motifs is 1. The van der Waals surface area contributed by atoms with Gasteiger partial charge in [0.1, 0.15) is 5.82 Å². The highest BCUT2D eigenvalue weighted by molar-refractivity contribution is 6.02. The highest BCUT2D eigenvalue weighted by Crippen LogP contribution is 2.35. The molecule has 1 amide bonds. The van der Waals surface area contributed by atoms with E-state index in [0.717, 1.165) is 25.7 Å². The molecule has 10 heteroatoms. The molecule has 0 atom stereocenters. The average molecular weight is 454 g/mol. The van der Waals surface area contributed by atoms with Gasteiger partial charge in [-0.05, 0) is 51.0 Å². The number of aliphatic imine (C=N–C) groups is 1. The molecule has 0 unspecified atom stereocenters.